The Morgan fingerprint density at radius 3 is 1.63 bits per heavy atom. The molecule has 12 rings (SSSR count). The highest BCUT2D eigenvalue weighted by atomic mass is 16.3. The first-order chi connectivity index (χ1) is 29.2. The van der Waals surface area contributed by atoms with Crippen LogP contribution in [0.1, 0.15) is 0 Å². The fourth-order valence-corrected chi connectivity index (χ4v) is 9.19. The van der Waals surface area contributed by atoms with Crippen LogP contribution in [0, 0.1) is 0 Å². The predicted molar refractivity (Wildman–Crippen MR) is 249 cm³/mol. The maximum atomic E-state index is 6.43. The third kappa shape index (κ3) is 5.44. The van der Waals surface area contributed by atoms with Crippen LogP contribution in [0.3, 0.4) is 0 Å². The number of aromatic nitrogens is 1. The Bertz CT molecular complexity index is 3500. The van der Waals surface area contributed by atoms with Crippen LogP contribution in [-0.2, 0) is 0 Å². The molecule has 276 valence electrons. The van der Waals surface area contributed by atoms with Crippen LogP contribution in [0.25, 0.3) is 93.2 Å². The molecule has 0 aliphatic rings. The van der Waals surface area contributed by atoms with Crippen molar-refractivity contribution in [3.8, 4) is 27.9 Å². The zero-order valence-electron chi connectivity index (χ0n) is 32.1. The molecule has 0 unspecified atom stereocenters. The number of fused-ring (bicyclic) bond motifs is 8. The molecule has 10 aromatic carbocycles. The standard InChI is InChI=1S/C56H36N2O/c1-2-14-40-36-56-51(34-39(40)13-1)50-35-41(26-33-55(50)59-56)47-17-5-8-21-52(47)57(42-27-24-38(25-28-42)46-20-11-15-37-12-3-4-16-45(37)46)43-29-31-44(32-30-43)58-53-22-9-6-18-48(53)49-19-7-10-23-54(49)58/h1-36H. The third-order valence-electron chi connectivity index (χ3n) is 12.0. The van der Waals surface area contributed by atoms with Gasteiger partial charge in [-0.2, -0.15) is 0 Å². The summed E-state index contributed by atoms with van der Waals surface area (Å²) in [7, 11) is 0. The summed E-state index contributed by atoms with van der Waals surface area (Å²) in [6.45, 7) is 0. The molecule has 0 spiro atoms. The van der Waals surface area contributed by atoms with Gasteiger partial charge >= 0.3 is 0 Å². The average molecular weight is 753 g/mol. The molecule has 0 aliphatic heterocycles. The van der Waals surface area contributed by atoms with E-state index in [4.69, 9.17) is 4.42 Å². The van der Waals surface area contributed by atoms with Crippen molar-refractivity contribution in [1.82, 2.24) is 4.57 Å². The Kier molecular flexibility index (Phi) is 7.54. The summed E-state index contributed by atoms with van der Waals surface area (Å²) < 4.78 is 8.80. The van der Waals surface area contributed by atoms with Crippen molar-refractivity contribution >= 4 is 82.4 Å². The number of hydrogen-bond donors (Lipinski definition) is 0. The Labute approximate surface area is 341 Å². The first-order valence-electron chi connectivity index (χ1n) is 20.2. The van der Waals surface area contributed by atoms with Gasteiger partial charge in [0.15, 0.2) is 0 Å². The van der Waals surface area contributed by atoms with E-state index in [-0.39, 0.29) is 0 Å². The van der Waals surface area contributed by atoms with Crippen LogP contribution < -0.4 is 4.90 Å². The van der Waals surface area contributed by atoms with E-state index in [1.807, 2.05) is 0 Å². The molecule has 12 aromatic rings. The molecular weight excluding hydrogens is 717 g/mol. The maximum absolute atomic E-state index is 6.43. The van der Waals surface area contributed by atoms with Crippen molar-refractivity contribution in [2.24, 2.45) is 0 Å². The molecule has 3 nitrogen and oxygen atoms in total. The second-order valence-corrected chi connectivity index (χ2v) is 15.3. The fraction of sp³-hybridized carbons (Fsp3) is 0. The van der Waals surface area contributed by atoms with Gasteiger partial charge in [-0.1, -0.05) is 140 Å². The molecule has 0 radical (unpaired) electrons. The molecule has 0 amide bonds. The van der Waals surface area contributed by atoms with E-state index >= 15 is 0 Å². The Balaban J connectivity index is 1.02. The predicted octanol–water partition coefficient (Wildman–Crippen LogP) is 15.8. The van der Waals surface area contributed by atoms with E-state index in [1.165, 1.54) is 54.5 Å². The van der Waals surface area contributed by atoms with Gasteiger partial charge in [-0.15, -0.1) is 0 Å². The summed E-state index contributed by atoms with van der Waals surface area (Å²) in [5.41, 5.74) is 13.2. The highest BCUT2D eigenvalue weighted by Crippen LogP contribution is 2.44. The monoisotopic (exact) mass is 752 g/mol. The largest absolute Gasteiger partial charge is 0.456 e. The SMILES string of the molecule is c1ccc(N(c2ccc(-c3cccc4ccccc34)cc2)c2ccc(-n3c4ccccc4c4ccccc43)cc2)c(-c2ccc3oc4cc5ccccc5cc4c3c2)c1. The van der Waals surface area contributed by atoms with Gasteiger partial charge in [-0.3, -0.25) is 0 Å². The Morgan fingerprint density at radius 1 is 0.339 bits per heavy atom. The number of anilines is 3. The lowest BCUT2D eigenvalue weighted by Crippen LogP contribution is -2.11. The van der Waals surface area contributed by atoms with E-state index in [2.05, 4.69) is 228 Å². The van der Waals surface area contributed by atoms with E-state index in [0.29, 0.717) is 0 Å². The van der Waals surface area contributed by atoms with Gasteiger partial charge in [-0.05, 0) is 117 Å². The van der Waals surface area contributed by atoms with Gasteiger partial charge in [0.2, 0.25) is 0 Å². The lowest BCUT2D eigenvalue weighted by Gasteiger charge is -2.28. The molecular formula is C56H36N2O. The van der Waals surface area contributed by atoms with Gasteiger partial charge in [0, 0.05) is 44.2 Å². The van der Waals surface area contributed by atoms with Gasteiger partial charge in [0.1, 0.15) is 11.2 Å². The van der Waals surface area contributed by atoms with Gasteiger partial charge < -0.3 is 13.9 Å². The van der Waals surface area contributed by atoms with Gasteiger partial charge in [0.25, 0.3) is 0 Å². The van der Waals surface area contributed by atoms with Gasteiger partial charge in [0.05, 0.1) is 16.7 Å². The molecule has 0 saturated carbocycles. The van der Waals surface area contributed by atoms with Crippen LogP contribution >= 0.6 is 0 Å². The molecule has 3 heteroatoms. The van der Waals surface area contributed by atoms with E-state index in [1.54, 1.807) is 0 Å². The van der Waals surface area contributed by atoms with Crippen LogP contribution in [0.5, 0.6) is 0 Å². The van der Waals surface area contributed by atoms with Crippen LogP contribution in [0.2, 0.25) is 0 Å². The number of para-hydroxylation sites is 3. The number of nitrogens with zero attached hydrogens (tertiary/aromatic N) is 2. The lowest BCUT2D eigenvalue weighted by atomic mass is 9.97. The van der Waals surface area contributed by atoms with Crippen LogP contribution in [-0.4, -0.2) is 4.57 Å². The first kappa shape index (κ1) is 33.3. The van der Waals surface area contributed by atoms with Crippen molar-refractivity contribution < 1.29 is 4.42 Å². The number of hydrogen-bond acceptors (Lipinski definition) is 2. The molecule has 2 heterocycles. The highest BCUT2D eigenvalue weighted by molar-refractivity contribution is 6.12. The zero-order valence-corrected chi connectivity index (χ0v) is 32.1. The van der Waals surface area contributed by atoms with Crippen LogP contribution in [0.4, 0.5) is 17.1 Å². The highest BCUT2D eigenvalue weighted by Gasteiger charge is 2.20. The normalized spacial score (nSPS) is 11.7. The second kappa shape index (κ2) is 13.4. The zero-order chi connectivity index (χ0) is 38.9. The minimum absolute atomic E-state index is 0.887. The average Bonchev–Trinajstić information content (AvgIpc) is 3.83. The summed E-state index contributed by atoms with van der Waals surface area (Å²) >= 11 is 0. The van der Waals surface area contributed by atoms with Crippen molar-refractivity contribution in [2.45, 2.75) is 0 Å². The fourth-order valence-electron chi connectivity index (χ4n) is 9.19. The summed E-state index contributed by atoms with van der Waals surface area (Å²) in [5, 5.41) is 9.62. The summed E-state index contributed by atoms with van der Waals surface area (Å²) in [6.07, 6.45) is 0. The molecule has 0 fully saturated rings. The summed E-state index contributed by atoms with van der Waals surface area (Å²) in [5.74, 6) is 0. The molecule has 0 atom stereocenters. The first-order valence-corrected chi connectivity index (χ1v) is 20.2. The van der Waals surface area contributed by atoms with E-state index in [9.17, 15) is 0 Å². The maximum Gasteiger partial charge on any atom is 0.136 e. The topological polar surface area (TPSA) is 21.3 Å². The summed E-state index contributed by atoms with van der Waals surface area (Å²) in [6, 6.07) is 78.8. The van der Waals surface area contributed by atoms with E-state index < -0.39 is 0 Å². The number of benzene rings is 10. The molecule has 0 bridgehead atoms. The Hall–Kier alpha value is -7.88. The summed E-state index contributed by atoms with van der Waals surface area (Å²) in [4.78, 5) is 2.39. The molecule has 2 aromatic heterocycles. The van der Waals surface area contributed by atoms with Crippen molar-refractivity contribution in [2.75, 3.05) is 4.90 Å². The smallest absolute Gasteiger partial charge is 0.136 e. The minimum Gasteiger partial charge on any atom is -0.456 e. The molecule has 0 saturated heterocycles. The number of rotatable bonds is 6. The van der Waals surface area contributed by atoms with E-state index in [0.717, 1.165) is 55.8 Å². The van der Waals surface area contributed by atoms with Gasteiger partial charge in [-0.25, -0.2) is 0 Å². The van der Waals surface area contributed by atoms with Crippen molar-refractivity contribution in [1.29, 1.82) is 0 Å². The number of furan rings is 1. The lowest BCUT2D eigenvalue weighted by molar-refractivity contribution is 0.669. The quantitative estimate of drug-likeness (QED) is 0.169. The third-order valence-corrected chi connectivity index (χ3v) is 12.0. The molecule has 0 N–H and O–H groups in total. The second-order valence-electron chi connectivity index (χ2n) is 15.3. The molecule has 59 heavy (non-hydrogen) atoms. The van der Waals surface area contributed by atoms with Crippen molar-refractivity contribution in [3.63, 3.8) is 0 Å². The van der Waals surface area contributed by atoms with Crippen LogP contribution in [0.15, 0.2) is 223 Å². The Morgan fingerprint density at radius 2 is 0.881 bits per heavy atom. The molecule has 0 aliphatic carbocycles. The van der Waals surface area contributed by atoms with Crippen molar-refractivity contribution in [3.05, 3.63) is 218 Å². The minimum atomic E-state index is 0.887.